The van der Waals surface area contributed by atoms with Gasteiger partial charge in [-0.2, -0.15) is 0 Å². The molecule has 5 heteroatoms. The van der Waals surface area contributed by atoms with Crippen molar-refractivity contribution in [3.63, 3.8) is 0 Å². The van der Waals surface area contributed by atoms with Gasteiger partial charge in [0.05, 0.1) is 12.8 Å². The molecular weight excluding hydrogens is 378 g/mol. The molecule has 2 fully saturated rings. The Kier molecular flexibility index (Phi) is 4.72. The van der Waals surface area contributed by atoms with Gasteiger partial charge in [-0.3, -0.25) is 9.59 Å². The third-order valence-corrected chi connectivity index (χ3v) is 8.04. The van der Waals surface area contributed by atoms with Crippen molar-refractivity contribution in [2.24, 2.45) is 23.2 Å². The minimum Gasteiger partial charge on any atom is -0.508 e. The van der Waals surface area contributed by atoms with E-state index in [1.54, 1.807) is 18.4 Å². The highest BCUT2D eigenvalue weighted by atomic mass is 16.3. The van der Waals surface area contributed by atoms with Crippen LogP contribution in [0.4, 0.5) is 0 Å². The second-order valence-electron chi connectivity index (χ2n) is 9.61. The zero-order valence-corrected chi connectivity index (χ0v) is 17.4. The molecule has 2 saturated carbocycles. The summed E-state index contributed by atoms with van der Waals surface area (Å²) in [4.78, 5) is 25.9. The van der Waals surface area contributed by atoms with Gasteiger partial charge >= 0.3 is 0 Å². The number of rotatable bonds is 4. The smallest absolute Gasteiger partial charge is 0.221 e. The Morgan fingerprint density at radius 3 is 2.97 bits per heavy atom. The Bertz CT molecular complexity index is 966. The zero-order chi connectivity index (χ0) is 20.9. The summed E-state index contributed by atoms with van der Waals surface area (Å²) in [6.07, 6.45) is 6.60. The van der Waals surface area contributed by atoms with E-state index in [-0.39, 0.29) is 29.4 Å². The van der Waals surface area contributed by atoms with Crippen LogP contribution in [0.15, 0.2) is 41.0 Å². The zero-order valence-electron chi connectivity index (χ0n) is 17.4. The Morgan fingerprint density at radius 2 is 2.17 bits per heavy atom. The first-order chi connectivity index (χ1) is 14.5. The largest absolute Gasteiger partial charge is 0.508 e. The molecule has 2 N–H and O–H groups in total. The van der Waals surface area contributed by atoms with Crippen molar-refractivity contribution in [3.8, 4) is 5.75 Å². The van der Waals surface area contributed by atoms with Gasteiger partial charge in [0.15, 0.2) is 0 Å². The van der Waals surface area contributed by atoms with Gasteiger partial charge in [-0.15, -0.1) is 0 Å². The molecule has 1 aromatic heterocycles. The number of hydrogen-bond acceptors (Lipinski definition) is 4. The summed E-state index contributed by atoms with van der Waals surface area (Å²) in [5.74, 6) is 2.38. The van der Waals surface area contributed by atoms with Crippen molar-refractivity contribution in [1.29, 1.82) is 0 Å². The number of carbonyl (C=O) groups excluding carboxylic acids is 2. The molecule has 158 valence electrons. The fraction of sp³-hybridized carbons (Fsp3) is 0.520. The predicted octanol–water partition coefficient (Wildman–Crippen LogP) is 4.34. The van der Waals surface area contributed by atoms with Crippen LogP contribution in [0.2, 0.25) is 0 Å². The van der Waals surface area contributed by atoms with E-state index in [0.717, 1.165) is 37.9 Å². The first-order valence-corrected chi connectivity index (χ1v) is 11.1. The molecule has 2 aromatic rings. The van der Waals surface area contributed by atoms with Crippen molar-refractivity contribution in [3.05, 3.63) is 53.5 Å². The maximum absolute atomic E-state index is 13.4. The molecule has 0 aliphatic heterocycles. The molecule has 5 atom stereocenters. The molecule has 5 rings (SSSR count). The Balaban J connectivity index is 1.30. The maximum atomic E-state index is 13.4. The summed E-state index contributed by atoms with van der Waals surface area (Å²) in [5, 5.41) is 12.7. The molecule has 1 unspecified atom stereocenters. The van der Waals surface area contributed by atoms with Crippen LogP contribution in [-0.2, 0) is 22.6 Å². The number of amides is 1. The number of phenols is 1. The molecule has 3 aliphatic rings. The van der Waals surface area contributed by atoms with E-state index in [1.807, 2.05) is 12.1 Å². The summed E-state index contributed by atoms with van der Waals surface area (Å²) < 4.78 is 5.27. The number of aryl methyl sites for hydroxylation is 1. The monoisotopic (exact) mass is 407 g/mol. The first kappa shape index (κ1) is 19.4. The van der Waals surface area contributed by atoms with Crippen molar-refractivity contribution in [2.45, 2.75) is 57.9 Å². The van der Waals surface area contributed by atoms with Gasteiger partial charge < -0.3 is 14.8 Å². The van der Waals surface area contributed by atoms with Crippen LogP contribution in [0.3, 0.4) is 0 Å². The molecule has 1 heterocycles. The van der Waals surface area contributed by atoms with Crippen molar-refractivity contribution in [2.75, 3.05) is 0 Å². The van der Waals surface area contributed by atoms with Crippen LogP contribution < -0.4 is 5.32 Å². The molecule has 0 radical (unpaired) electrons. The van der Waals surface area contributed by atoms with E-state index in [0.29, 0.717) is 30.0 Å². The molecule has 30 heavy (non-hydrogen) atoms. The molecule has 1 aromatic carbocycles. The van der Waals surface area contributed by atoms with Crippen LogP contribution in [0.5, 0.6) is 5.75 Å². The van der Waals surface area contributed by atoms with Crippen LogP contribution in [0.25, 0.3) is 0 Å². The number of ketones is 1. The third kappa shape index (κ3) is 3.15. The van der Waals surface area contributed by atoms with Crippen LogP contribution in [0.1, 0.15) is 61.8 Å². The number of furan rings is 1. The topological polar surface area (TPSA) is 79.5 Å². The van der Waals surface area contributed by atoms with Crippen molar-refractivity contribution in [1.82, 2.24) is 5.32 Å². The highest BCUT2D eigenvalue weighted by Crippen LogP contribution is 2.61. The van der Waals surface area contributed by atoms with Crippen LogP contribution >= 0.6 is 0 Å². The lowest BCUT2D eigenvalue weighted by molar-refractivity contribution is -0.134. The van der Waals surface area contributed by atoms with Gasteiger partial charge in [0.25, 0.3) is 0 Å². The summed E-state index contributed by atoms with van der Waals surface area (Å²) in [6, 6.07) is 9.41. The quantitative estimate of drug-likeness (QED) is 0.790. The second kappa shape index (κ2) is 7.29. The highest BCUT2D eigenvalue weighted by molar-refractivity contribution is 5.93. The minimum absolute atomic E-state index is 0.0759. The van der Waals surface area contributed by atoms with Crippen molar-refractivity contribution < 1.29 is 19.1 Å². The van der Waals surface area contributed by atoms with Crippen LogP contribution in [0, 0.1) is 23.2 Å². The van der Waals surface area contributed by atoms with Gasteiger partial charge in [-0.25, -0.2) is 0 Å². The molecule has 0 spiro atoms. The lowest BCUT2D eigenvalue weighted by Crippen LogP contribution is -2.42. The molecule has 0 bridgehead atoms. The average Bonchev–Trinajstić information content (AvgIpc) is 3.34. The van der Waals surface area contributed by atoms with Gasteiger partial charge in [0, 0.05) is 17.8 Å². The van der Waals surface area contributed by atoms with E-state index in [9.17, 15) is 14.7 Å². The molecule has 0 saturated heterocycles. The number of nitrogens with one attached hydrogen (secondary N) is 1. The number of aromatic hydroxyl groups is 1. The maximum Gasteiger partial charge on any atom is 0.221 e. The van der Waals surface area contributed by atoms with Gasteiger partial charge in [-0.1, -0.05) is 13.0 Å². The van der Waals surface area contributed by atoms with Crippen molar-refractivity contribution >= 4 is 11.7 Å². The normalized spacial score (nSPS) is 32.2. The van der Waals surface area contributed by atoms with Gasteiger partial charge in [0.1, 0.15) is 17.3 Å². The Morgan fingerprint density at radius 1 is 1.30 bits per heavy atom. The van der Waals surface area contributed by atoms with Gasteiger partial charge in [-0.05, 0) is 85.3 Å². The fourth-order valence-corrected chi connectivity index (χ4v) is 6.58. The highest BCUT2D eigenvalue weighted by Gasteiger charge is 2.58. The SMILES string of the molecule is C[C@]12CC[C@@H]3c4ccc(O)cc4CC[C@H]3[C@@H]1CC(CC(=O)NCc1ccco1)C2=O. The molecule has 5 nitrogen and oxygen atoms in total. The standard InChI is InChI=1S/C25H29NO4/c1-25-9-8-20-19-7-5-17(27)11-15(19)4-6-21(20)22(25)12-16(24(25)29)13-23(28)26-14-18-3-2-10-30-18/h2-3,5,7,10-11,16,20-22,27H,4,6,8-9,12-14H2,1H3,(H,26,28)/t16?,20-,21-,22+,25+/m1/s1. The van der Waals surface area contributed by atoms with E-state index < -0.39 is 0 Å². The van der Waals surface area contributed by atoms with Crippen LogP contribution in [-0.4, -0.2) is 16.8 Å². The predicted molar refractivity (Wildman–Crippen MR) is 112 cm³/mol. The first-order valence-electron chi connectivity index (χ1n) is 11.1. The van der Waals surface area contributed by atoms with E-state index in [4.69, 9.17) is 4.42 Å². The van der Waals surface area contributed by atoms with E-state index in [1.165, 1.54) is 11.1 Å². The molecule has 3 aliphatic carbocycles. The van der Waals surface area contributed by atoms with E-state index >= 15 is 0 Å². The number of carbonyl (C=O) groups is 2. The molecule has 1 amide bonds. The summed E-state index contributed by atoms with van der Waals surface area (Å²) >= 11 is 0. The lowest BCUT2D eigenvalue weighted by Gasteiger charge is -2.48. The van der Waals surface area contributed by atoms with E-state index in [2.05, 4.69) is 18.3 Å². The second-order valence-corrected chi connectivity index (χ2v) is 9.61. The number of fused-ring (bicyclic) bond motifs is 5. The summed E-state index contributed by atoms with van der Waals surface area (Å²) in [6.45, 7) is 2.51. The summed E-state index contributed by atoms with van der Waals surface area (Å²) in [5.41, 5.74) is 2.32. The third-order valence-electron chi connectivity index (χ3n) is 8.04. The lowest BCUT2D eigenvalue weighted by atomic mass is 9.55. The number of benzene rings is 1. The number of Topliss-reactive ketones (excluding diaryl/α,β-unsaturated/α-hetero) is 1. The number of phenolic OH excluding ortho intramolecular Hbond substituents is 1. The average molecular weight is 408 g/mol. The minimum atomic E-state index is -0.304. The Labute approximate surface area is 176 Å². The summed E-state index contributed by atoms with van der Waals surface area (Å²) in [7, 11) is 0. The van der Waals surface area contributed by atoms with Gasteiger partial charge in [0.2, 0.25) is 5.91 Å². The molecular formula is C25H29NO4. The fourth-order valence-electron chi connectivity index (χ4n) is 6.58. The Hall–Kier alpha value is -2.56. The number of hydrogen-bond donors (Lipinski definition) is 2.